The third-order valence-electron chi connectivity index (χ3n) is 3.74. The highest BCUT2D eigenvalue weighted by Crippen LogP contribution is 2.29. The second kappa shape index (κ2) is 7.29. The molecule has 1 aromatic carbocycles. The van der Waals surface area contributed by atoms with Crippen molar-refractivity contribution in [3.8, 4) is 0 Å². The summed E-state index contributed by atoms with van der Waals surface area (Å²) in [5, 5.41) is 0. The maximum Gasteiger partial charge on any atom is 0.336 e. The number of nitrogens with one attached hydrogen (secondary N) is 1. The van der Waals surface area contributed by atoms with Gasteiger partial charge in [-0.1, -0.05) is 18.2 Å². The summed E-state index contributed by atoms with van der Waals surface area (Å²) < 4.78 is 34.4. The molecule has 1 heterocycles. The Morgan fingerprint density at radius 2 is 2.00 bits per heavy atom. The Morgan fingerprint density at radius 1 is 1.38 bits per heavy atom. The fraction of sp³-hybridized carbons (Fsp3) is 0.467. The molecule has 8 nitrogen and oxygen atoms in total. The quantitative estimate of drug-likeness (QED) is 0.742. The number of cyclic esters (lactones) is 1. The number of para-hydroxylation sites is 1. The van der Waals surface area contributed by atoms with Crippen molar-refractivity contribution in [2.24, 2.45) is 0 Å². The number of esters is 1. The van der Waals surface area contributed by atoms with Crippen molar-refractivity contribution in [3.63, 3.8) is 0 Å². The number of carbonyl (C=O) groups excluding carboxylic acids is 2. The average molecular weight is 356 g/mol. The summed E-state index contributed by atoms with van der Waals surface area (Å²) in [7, 11) is -2.79. The van der Waals surface area contributed by atoms with Gasteiger partial charge in [-0.05, 0) is 25.0 Å². The summed E-state index contributed by atoms with van der Waals surface area (Å²) in [5.41, 5.74) is 2.30. The number of carbonyl (C=O) groups is 2. The van der Waals surface area contributed by atoms with Crippen LogP contribution in [0.3, 0.4) is 0 Å². The van der Waals surface area contributed by atoms with Gasteiger partial charge in [-0.25, -0.2) is 4.18 Å². The van der Waals surface area contributed by atoms with E-state index in [1.54, 1.807) is 0 Å². The van der Waals surface area contributed by atoms with Crippen LogP contribution < -0.4 is 9.62 Å². The average Bonchev–Trinajstić information content (AvgIpc) is 2.95. The van der Waals surface area contributed by atoms with Crippen molar-refractivity contribution >= 4 is 27.9 Å². The van der Waals surface area contributed by atoms with Crippen molar-refractivity contribution in [2.45, 2.75) is 26.3 Å². The number of anilines is 1. The summed E-state index contributed by atoms with van der Waals surface area (Å²) in [4.78, 5) is 25.5. The number of aryl methyl sites for hydroxylation is 2. The predicted molar refractivity (Wildman–Crippen MR) is 86.7 cm³/mol. The Bertz CT molecular complexity index is 726. The molecule has 24 heavy (non-hydrogen) atoms. The van der Waals surface area contributed by atoms with Gasteiger partial charge in [0.2, 0.25) is 0 Å². The lowest BCUT2D eigenvalue weighted by Crippen LogP contribution is -2.44. The van der Waals surface area contributed by atoms with E-state index in [9.17, 15) is 18.0 Å². The normalized spacial score (nSPS) is 17.6. The van der Waals surface area contributed by atoms with Gasteiger partial charge in [0.05, 0.1) is 18.2 Å². The van der Waals surface area contributed by atoms with Crippen LogP contribution in [0.2, 0.25) is 0 Å². The first-order chi connectivity index (χ1) is 11.2. The lowest BCUT2D eigenvalue weighted by atomic mass is 10.0. The summed E-state index contributed by atoms with van der Waals surface area (Å²) >= 11 is 0. The van der Waals surface area contributed by atoms with Crippen LogP contribution in [0.5, 0.6) is 0 Å². The van der Waals surface area contributed by atoms with Crippen LogP contribution in [0.15, 0.2) is 18.2 Å². The highest BCUT2D eigenvalue weighted by molar-refractivity contribution is 7.84. The first-order valence-corrected chi connectivity index (χ1v) is 8.78. The van der Waals surface area contributed by atoms with E-state index in [0.717, 1.165) is 11.1 Å². The van der Waals surface area contributed by atoms with Crippen molar-refractivity contribution in [1.29, 1.82) is 0 Å². The second-order valence-electron chi connectivity index (χ2n) is 5.47. The molecule has 1 aliphatic heterocycles. The van der Waals surface area contributed by atoms with Crippen molar-refractivity contribution < 1.29 is 26.9 Å². The topological polar surface area (TPSA) is 102 Å². The molecule has 132 valence electrons. The Labute approximate surface area is 141 Å². The van der Waals surface area contributed by atoms with Gasteiger partial charge in [0.1, 0.15) is 13.2 Å². The van der Waals surface area contributed by atoms with Crippen molar-refractivity contribution in [2.75, 3.05) is 25.2 Å². The molecule has 1 unspecified atom stereocenters. The minimum atomic E-state index is -3.98. The molecule has 1 atom stereocenters. The Kier molecular flexibility index (Phi) is 5.58. The highest BCUT2D eigenvalue weighted by atomic mass is 32.2. The van der Waals surface area contributed by atoms with E-state index < -0.39 is 34.8 Å². The van der Waals surface area contributed by atoms with Crippen LogP contribution in [-0.2, 0) is 28.8 Å². The van der Waals surface area contributed by atoms with Gasteiger partial charge in [-0.15, -0.1) is 0 Å². The van der Waals surface area contributed by atoms with Crippen LogP contribution in [0.1, 0.15) is 17.5 Å². The van der Waals surface area contributed by atoms with E-state index in [1.807, 2.05) is 36.8 Å². The van der Waals surface area contributed by atoms with Crippen LogP contribution >= 0.6 is 0 Å². The summed E-state index contributed by atoms with van der Waals surface area (Å²) in [6, 6.07) is 5.04. The SMILES string of the molecule is CNS(=O)(=O)OCC(=O)N(c1c(C)cccc1C)C1COC(=O)C1. The van der Waals surface area contributed by atoms with Gasteiger partial charge in [0.25, 0.3) is 5.91 Å². The monoisotopic (exact) mass is 356 g/mol. The van der Waals surface area contributed by atoms with E-state index >= 15 is 0 Å². The summed E-state index contributed by atoms with van der Waals surface area (Å²) in [6.45, 7) is 3.08. The molecule has 1 aliphatic rings. The molecule has 1 N–H and O–H groups in total. The molecular weight excluding hydrogens is 336 g/mol. The molecule has 0 radical (unpaired) electrons. The van der Waals surface area contributed by atoms with Crippen LogP contribution in [0.4, 0.5) is 5.69 Å². The Hall–Kier alpha value is -1.97. The molecule has 1 saturated heterocycles. The summed E-state index contributed by atoms with van der Waals surface area (Å²) in [6.07, 6.45) is 0.0539. The molecular formula is C15H20N2O6S. The van der Waals surface area contributed by atoms with E-state index in [2.05, 4.69) is 4.18 Å². The Morgan fingerprint density at radius 3 is 2.50 bits per heavy atom. The van der Waals surface area contributed by atoms with Gasteiger partial charge in [-0.2, -0.15) is 13.1 Å². The molecule has 1 aromatic rings. The lowest BCUT2D eigenvalue weighted by molar-refractivity contribution is -0.138. The number of amides is 1. The van der Waals surface area contributed by atoms with Gasteiger partial charge in [0.15, 0.2) is 0 Å². The van der Waals surface area contributed by atoms with Crippen LogP contribution in [0.25, 0.3) is 0 Å². The van der Waals surface area contributed by atoms with E-state index in [4.69, 9.17) is 4.74 Å². The van der Waals surface area contributed by atoms with Gasteiger partial charge in [-0.3, -0.25) is 9.59 Å². The van der Waals surface area contributed by atoms with Crippen molar-refractivity contribution in [3.05, 3.63) is 29.3 Å². The largest absolute Gasteiger partial charge is 0.463 e. The van der Waals surface area contributed by atoms with E-state index in [1.165, 1.54) is 11.9 Å². The molecule has 0 aliphatic carbocycles. The van der Waals surface area contributed by atoms with Crippen molar-refractivity contribution in [1.82, 2.24) is 4.72 Å². The predicted octanol–water partition coefficient (Wildman–Crippen LogP) is 0.433. The maximum atomic E-state index is 12.6. The molecule has 2 rings (SSSR count). The minimum Gasteiger partial charge on any atom is -0.463 e. The molecule has 1 amide bonds. The maximum absolute atomic E-state index is 12.6. The zero-order valence-electron chi connectivity index (χ0n) is 13.7. The molecule has 0 aromatic heterocycles. The zero-order valence-corrected chi connectivity index (χ0v) is 14.6. The Balaban J connectivity index is 2.33. The van der Waals surface area contributed by atoms with Crippen LogP contribution in [-0.4, -0.2) is 46.6 Å². The standard InChI is InChI=1S/C15H20N2O6S/c1-10-5-4-6-11(2)15(10)17(12-7-14(19)22-8-12)13(18)9-23-24(20,21)16-3/h4-6,12,16H,7-9H2,1-3H3. The highest BCUT2D eigenvalue weighted by Gasteiger charge is 2.35. The third-order valence-corrected chi connectivity index (χ3v) is 4.67. The van der Waals surface area contributed by atoms with Gasteiger partial charge in [0, 0.05) is 7.05 Å². The number of rotatable bonds is 6. The minimum absolute atomic E-state index is 0.0539. The van der Waals surface area contributed by atoms with Crippen LogP contribution in [0, 0.1) is 13.8 Å². The number of nitrogens with zero attached hydrogens (tertiary/aromatic N) is 1. The zero-order chi connectivity index (χ0) is 17.9. The first-order valence-electron chi connectivity index (χ1n) is 7.37. The lowest BCUT2D eigenvalue weighted by Gasteiger charge is -2.30. The smallest absolute Gasteiger partial charge is 0.336 e. The molecule has 1 fully saturated rings. The molecule has 0 saturated carbocycles. The fourth-order valence-corrected chi connectivity index (χ4v) is 2.99. The molecule has 9 heteroatoms. The van der Waals surface area contributed by atoms with Gasteiger partial charge >= 0.3 is 16.3 Å². The number of ether oxygens (including phenoxy) is 1. The molecule has 0 spiro atoms. The first kappa shape index (κ1) is 18.4. The second-order valence-corrected chi connectivity index (χ2v) is 7.02. The van der Waals surface area contributed by atoms with Gasteiger partial charge < -0.3 is 9.64 Å². The molecule has 0 bridgehead atoms. The summed E-state index contributed by atoms with van der Waals surface area (Å²) in [5.74, 6) is -0.956. The van der Waals surface area contributed by atoms with E-state index in [0.29, 0.717) is 5.69 Å². The fourth-order valence-electron chi connectivity index (χ4n) is 2.62. The number of hydrogen-bond donors (Lipinski definition) is 1. The number of hydrogen-bond acceptors (Lipinski definition) is 6. The third kappa shape index (κ3) is 4.11. The number of benzene rings is 1. The van der Waals surface area contributed by atoms with E-state index in [-0.39, 0.29) is 13.0 Å².